The van der Waals surface area contributed by atoms with Gasteiger partial charge in [-0.15, -0.1) is 0 Å². The van der Waals surface area contributed by atoms with Gasteiger partial charge in [-0.1, -0.05) is 315 Å². The lowest BCUT2D eigenvalue weighted by molar-refractivity contribution is 0.165. The highest BCUT2D eigenvalue weighted by Crippen LogP contribution is 2.47. The van der Waals surface area contributed by atoms with Crippen LogP contribution in [0.4, 0.5) is 0 Å². The smallest absolute Gasteiger partial charge is 0.00201 e. The summed E-state index contributed by atoms with van der Waals surface area (Å²) in [5.41, 5.74) is 33.6. The van der Waals surface area contributed by atoms with E-state index in [2.05, 4.69) is 288 Å². The Bertz CT molecular complexity index is 4350. The molecule has 0 amide bonds. The quantitative estimate of drug-likeness (QED) is 0.0599. The van der Waals surface area contributed by atoms with Gasteiger partial charge in [-0.2, -0.15) is 0 Å². The van der Waals surface area contributed by atoms with Crippen molar-refractivity contribution in [2.24, 2.45) is 59.2 Å². The fourth-order valence-electron chi connectivity index (χ4n) is 22.7. The van der Waals surface area contributed by atoms with E-state index in [1.165, 1.54) is 263 Å². The molecule has 0 radical (unpaired) electrons. The molecule has 0 bridgehead atoms. The zero-order valence-corrected chi connectivity index (χ0v) is 76.0. The van der Waals surface area contributed by atoms with Crippen LogP contribution in [0.25, 0.3) is 0 Å². The van der Waals surface area contributed by atoms with E-state index in [0.717, 1.165) is 91.3 Å². The third kappa shape index (κ3) is 24.6. The molecule has 7 aromatic rings. The maximum Gasteiger partial charge on any atom is -0.00201 e. The highest BCUT2D eigenvalue weighted by Gasteiger charge is 2.33. The van der Waals surface area contributed by atoms with E-state index >= 15 is 0 Å². The first kappa shape index (κ1) is 87.8. The van der Waals surface area contributed by atoms with E-state index in [1.54, 1.807) is 39.0 Å². The van der Waals surface area contributed by atoms with Gasteiger partial charge in [-0.3, -0.25) is 0 Å². The van der Waals surface area contributed by atoms with Crippen molar-refractivity contribution in [3.8, 4) is 0 Å². The highest BCUT2D eigenvalue weighted by atomic mass is 14.4. The molecule has 0 heterocycles. The Morgan fingerprint density at radius 1 is 0.365 bits per heavy atom. The Balaban J connectivity index is 0.000000159. The highest BCUT2D eigenvalue weighted by molar-refractivity contribution is 5.47. The van der Waals surface area contributed by atoms with Gasteiger partial charge < -0.3 is 0 Å². The molecule has 618 valence electrons. The number of hydrogen-bond donors (Lipinski definition) is 0. The summed E-state index contributed by atoms with van der Waals surface area (Å²) in [6.45, 7) is 39.8. The second kappa shape index (κ2) is 41.5. The van der Waals surface area contributed by atoms with E-state index in [-0.39, 0.29) is 10.8 Å². The van der Waals surface area contributed by atoms with E-state index in [0.29, 0.717) is 17.8 Å². The molecular weight excluding hydrogens is 1380 g/mol. The predicted molar refractivity (Wildman–Crippen MR) is 501 cm³/mol. The van der Waals surface area contributed by atoms with Crippen LogP contribution in [0.2, 0.25) is 0 Å². The van der Waals surface area contributed by atoms with Crippen LogP contribution in [0.1, 0.15) is 375 Å². The largest absolute Gasteiger partial charge is 0.0807 e. The summed E-state index contributed by atoms with van der Waals surface area (Å²) in [5, 5.41) is 0. The topological polar surface area (TPSA) is 0 Å². The third-order valence-electron chi connectivity index (χ3n) is 30.3. The minimum atomic E-state index is 0.163. The van der Waals surface area contributed by atoms with Crippen molar-refractivity contribution in [3.05, 3.63) is 292 Å². The molecule has 3 atom stereocenters. The summed E-state index contributed by atoms with van der Waals surface area (Å²) in [4.78, 5) is 0. The standard InChI is InChI=1S/C39H54.C38H50.C38H54/c1-27(2)22-36-8-6-7-9-37(36)26-39-25-31(13-12-29(39)4)24-35-20-21-38(23-30(35)5)34-18-16-33(17-19-34)32-14-10-28(3)11-15-32;1-27-15-16-29(25-36(27)26-35-13-9-10-14-37(35)38(3,4)5)24-33-21-22-34(23-28(33)2)32-19-17-31(18-20-32)30-11-7-6-8-12-30;1-8-27(3)22-29-16-18-32(19-17-29)34-21-20-33(31(9-2)25-34)23-30-15-14-28(4)36(24-30)26-35-12-10-11-13-37(35)38(5,6)7/h6-9,12,20-21,23,25,27-28,31-34H,10-11,13-19,22,24,26H2,1-5H3;9-10,13-16,21-23,25,30-32H,6-8,11-12,17-20,24,26H2,1-5H3;10-14,20-21,24-25,27,29-30,32H,8-9,15-19,22-23,26H2,1-7H3. The normalized spacial score (nSPS) is 24.0. The van der Waals surface area contributed by atoms with Gasteiger partial charge in [0.1, 0.15) is 0 Å². The number of aryl methyl sites for hydroxylation is 4. The van der Waals surface area contributed by atoms with Crippen molar-refractivity contribution in [3.63, 3.8) is 0 Å². The molecule has 7 aliphatic rings. The minimum absolute atomic E-state index is 0.163. The zero-order valence-electron chi connectivity index (χ0n) is 76.0. The van der Waals surface area contributed by atoms with E-state index in [4.69, 9.17) is 0 Å². The lowest BCUT2D eigenvalue weighted by atomic mass is 9.68. The van der Waals surface area contributed by atoms with Crippen LogP contribution < -0.4 is 0 Å². The molecule has 5 saturated carbocycles. The SMILES string of the molecule is CC1=CCC(Cc2ccc(C3CCC(C4CCC(C)CC4)CC3)cc2C)C=C1Cc1ccccc1CC(C)C.CCc1cc(C2CCC(CC(C)CC)CC2)ccc1CC1C=C(Cc2ccccc2C(C)(C)C)C(C)=CC1.Cc1cc(C2CCC(C3CCCCC3)CC2)ccc1Cc1ccc(C)c(Cc2ccccc2C(C)(C)C)c1. The fourth-order valence-corrected chi connectivity index (χ4v) is 22.7. The van der Waals surface area contributed by atoms with Gasteiger partial charge in [-0.25, -0.2) is 0 Å². The molecule has 0 saturated heterocycles. The van der Waals surface area contributed by atoms with Crippen LogP contribution in [-0.4, -0.2) is 0 Å². The van der Waals surface area contributed by atoms with Crippen molar-refractivity contribution in [1.29, 1.82) is 0 Å². The van der Waals surface area contributed by atoms with Gasteiger partial charge in [0.2, 0.25) is 0 Å². The van der Waals surface area contributed by atoms with Crippen LogP contribution in [0, 0.1) is 80.0 Å². The van der Waals surface area contributed by atoms with E-state index in [1.807, 2.05) is 0 Å². The molecule has 0 aromatic heterocycles. The number of benzene rings is 7. The summed E-state index contributed by atoms with van der Waals surface area (Å²) in [6.07, 6.45) is 54.6. The van der Waals surface area contributed by atoms with Crippen LogP contribution >= 0.6 is 0 Å². The Morgan fingerprint density at radius 2 is 0.809 bits per heavy atom. The Labute approximate surface area is 705 Å². The van der Waals surface area contributed by atoms with Gasteiger partial charge in [0, 0.05) is 0 Å². The molecule has 0 heteroatoms. The summed E-state index contributed by atoms with van der Waals surface area (Å²) >= 11 is 0. The lowest BCUT2D eigenvalue weighted by Crippen LogP contribution is -2.24. The predicted octanol–water partition coefficient (Wildman–Crippen LogP) is 32.5. The van der Waals surface area contributed by atoms with Crippen molar-refractivity contribution in [2.45, 2.75) is 358 Å². The Kier molecular flexibility index (Phi) is 31.7. The van der Waals surface area contributed by atoms with Crippen LogP contribution in [0.3, 0.4) is 0 Å². The Hall–Kier alpha value is -6.50. The van der Waals surface area contributed by atoms with Gasteiger partial charge in [0.15, 0.2) is 0 Å². The first-order chi connectivity index (χ1) is 55.3. The van der Waals surface area contributed by atoms with Crippen molar-refractivity contribution >= 4 is 0 Å². The van der Waals surface area contributed by atoms with Crippen LogP contribution in [0.5, 0.6) is 0 Å². The van der Waals surface area contributed by atoms with Crippen molar-refractivity contribution < 1.29 is 0 Å². The zero-order chi connectivity index (χ0) is 81.3. The second-order valence-corrected chi connectivity index (χ2v) is 41.6. The molecule has 115 heavy (non-hydrogen) atoms. The van der Waals surface area contributed by atoms with E-state index < -0.39 is 0 Å². The fraction of sp³-hybridized carbons (Fsp3) is 0.565. The van der Waals surface area contributed by atoms with Gasteiger partial charge >= 0.3 is 0 Å². The molecule has 7 aromatic carbocycles. The lowest BCUT2D eigenvalue weighted by Gasteiger charge is -2.37. The number of hydrogen-bond acceptors (Lipinski definition) is 0. The van der Waals surface area contributed by atoms with Crippen LogP contribution in [0.15, 0.2) is 192 Å². The summed E-state index contributed by atoms with van der Waals surface area (Å²) in [7, 11) is 0. The first-order valence-corrected chi connectivity index (χ1v) is 47.7. The average molecular weight is 1540 g/mol. The molecule has 0 aliphatic heterocycles. The first-order valence-electron chi connectivity index (χ1n) is 47.7. The van der Waals surface area contributed by atoms with Crippen molar-refractivity contribution in [1.82, 2.24) is 0 Å². The monoisotopic (exact) mass is 1540 g/mol. The van der Waals surface area contributed by atoms with Gasteiger partial charge in [0.25, 0.3) is 0 Å². The number of allylic oxidation sites excluding steroid dienone is 8. The Morgan fingerprint density at radius 3 is 1.31 bits per heavy atom. The van der Waals surface area contributed by atoms with Crippen LogP contribution in [-0.2, 0) is 62.2 Å². The molecule has 0 spiro atoms. The molecule has 5 fully saturated rings. The molecule has 0 nitrogen and oxygen atoms in total. The summed E-state index contributed by atoms with van der Waals surface area (Å²) < 4.78 is 0. The van der Waals surface area contributed by atoms with Gasteiger partial charge in [0.05, 0.1) is 0 Å². The molecule has 7 aliphatic carbocycles. The van der Waals surface area contributed by atoms with Crippen molar-refractivity contribution in [2.75, 3.05) is 0 Å². The molecular formula is C115H158. The molecule has 14 rings (SSSR count). The molecule has 0 N–H and O–H groups in total. The maximum atomic E-state index is 2.61. The minimum Gasteiger partial charge on any atom is -0.0807 e. The number of rotatable bonds is 23. The average Bonchev–Trinajstić information content (AvgIpc) is 0.816. The molecule has 3 unspecified atom stereocenters. The second-order valence-electron chi connectivity index (χ2n) is 41.6. The summed E-state index contributed by atoms with van der Waals surface area (Å²) in [6, 6.07) is 56.8. The third-order valence-corrected chi connectivity index (χ3v) is 30.3. The van der Waals surface area contributed by atoms with E-state index in [9.17, 15) is 0 Å². The summed E-state index contributed by atoms with van der Waals surface area (Å²) in [5.74, 6) is 11.2. The van der Waals surface area contributed by atoms with Gasteiger partial charge in [-0.05, 0) is 394 Å². The maximum absolute atomic E-state index is 2.61.